The van der Waals surface area contributed by atoms with E-state index in [1.807, 2.05) is 0 Å². The number of carbonyl (C=O) groups excluding carboxylic acids is 2. The quantitative estimate of drug-likeness (QED) is 0.701. The number of hydrogen-bond acceptors (Lipinski definition) is 7. The van der Waals surface area contributed by atoms with Crippen LogP contribution in [0.1, 0.15) is 18.9 Å². The lowest BCUT2D eigenvalue weighted by Crippen LogP contribution is -2.42. The summed E-state index contributed by atoms with van der Waals surface area (Å²) in [4.78, 5) is 35.3. The van der Waals surface area contributed by atoms with Gasteiger partial charge in [-0.1, -0.05) is 0 Å². The number of methoxy groups -OCH3 is 1. The third kappa shape index (κ3) is 1.75. The van der Waals surface area contributed by atoms with Crippen LogP contribution >= 0.6 is 0 Å². The van der Waals surface area contributed by atoms with E-state index < -0.39 is 11.9 Å². The topological polar surface area (TPSA) is 125 Å². The first-order chi connectivity index (χ1) is 9.61. The molecule has 9 heteroatoms. The Labute approximate surface area is 113 Å². The number of ether oxygens (including phenoxy) is 1. The molecule has 104 valence electrons. The fourth-order valence-corrected chi connectivity index (χ4v) is 2.29. The minimum atomic E-state index is -0.614. The van der Waals surface area contributed by atoms with E-state index >= 15 is 0 Å². The second-order valence-corrected chi connectivity index (χ2v) is 4.36. The standard InChI is InChI=1S/C11H12N6O3/c1-20-10-7-8(13-4-14-10)17(11(12)16-7)5-2-3-6(18)15-9(5)19/h4-5H,2-3H2,1H3,(H2,12,16)(H,15,18,19). The third-order valence-electron chi connectivity index (χ3n) is 3.19. The maximum absolute atomic E-state index is 11.9. The smallest absolute Gasteiger partial charge is 0.249 e. The van der Waals surface area contributed by atoms with Gasteiger partial charge in [0.1, 0.15) is 12.4 Å². The van der Waals surface area contributed by atoms with Gasteiger partial charge in [0.15, 0.2) is 11.2 Å². The van der Waals surface area contributed by atoms with E-state index in [0.29, 0.717) is 17.6 Å². The number of aromatic nitrogens is 4. The average Bonchev–Trinajstić information content (AvgIpc) is 2.75. The number of carbonyl (C=O) groups is 2. The Balaban J connectivity index is 2.14. The second-order valence-electron chi connectivity index (χ2n) is 4.36. The minimum Gasteiger partial charge on any atom is -0.479 e. The number of rotatable bonds is 2. The van der Waals surface area contributed by atoms with Gasteiger partial charge >= 0.3 is 0 Å². The number of imide groups is 1. The molecule has 2 amide bonds. The van der Waals surface area contributed by atoms with Crippen LogP contribution in [0.15, 0.2) is 6.33 Å². The normalized spacial score (nSPS) is 19.1. The molecule has 1 aliphatic heterocycles. The lowest BCUT2D eigenvalue weighted by molar-refractivity contribution is -0.135. The molecule has 3 N–H and O–H groups in total. The zero-order chi connectivity index (χ0) is 14.3. The number of fused-ring (bicyclic) bond motifs is 1. The zero-order valence-corrected chi connectivity index (χ0v) is 10.7. The molecule has 0 saturated carbocycles. The Morgan fingerprint density at radius 1 is 1.45 bits per heavy atom. The van der Waals surface area contributed by atoms with Gasteiger partial charge in [-0.25, -0.2) is 9.97 Å². The van der Waals surface area contributed by atoms with E-state index in [1.165, 1.54) is 18.0 Å². The molecule has 9 nitrogen and oxygen atoms in total. The van der Waals surface area contributed by atoms with Crippen molar-refractivity contribution < 1.29 is 14.3 Å². The molecule has 1 atom stereocenters. The number of anilines is 1. The van der Waals surface area contributed by atoms with E-state index in [9.17, 15) is 9.59 Å². The van der Waals surface area contributed by atoms with Gasteiger partial charge in [-0.3, -0.25) is 19.5 Å². The van der Waals surface area contributed by atoms with Gasteiger partial charge in [0.25, 0.3) is 0 Å². The molecule has 2 aromatic rings. The summed E-state index contributed by atoms with van der Waals surface area (Å²) in [5.41, 5.74) is 6.66. The summed E-state index contributed by atoms with van der Waals surface area (Å²) in [7, 11) is 1.46. The SMILES string of the molecule is COc1ncnc2c1nc(N)n2C1CCC(=O)NC1=O. The van der Waals surface area contributed by atoms with Gasteiger partial charge in [-0.05, 0) is 6.42 Å². The predicted octanol–water partition coefficient (Wildman–Crippen LogP) is -0.605. The second kappa shape index (κ2) is 4.44. The summed E-state index contributed by atoms with van der Waals surface area (Å²) in [5.74, 6) is -0.285. The number of nitrogen functional groups attached to an aromatic ring is 1. The average molecular weight is 276 g/mol. The van der Waals surface area contributed by atoms with Crippen LogP contribution in [-0.2, 0) is 9.59 Å². The van der Waals surface area contributed by atoms with Crippen LogP contribution in [0.2, 0.25) is 0 Å². The number of amides is 2. The van der Waals surface area contributed by atoms with E-state index in [1.54, 1.807) is 0 Å². The maximum Gasteiger partial charge on any atom is 0.249 e. The number of nitrogens with two attached hydrogens (primary N) is 1. The fourth-order valence-electron chi connectivity index (χ4n) is 2.29. The van der Waals surface area contributed by atoms with E-state index in [0.717, 1.165) is 0 Å². The first-order valence-corrected chi connectivity index (χ1v) is 5.98. The van der Waals surface area contributed by atoms with Gasteiger partial charge in [0.2, 0.25) is 23.6 Å². The van der Waals surface area contributed by atoms with Gasteiger partial charge in [0, 0.05) is 6.42 Å². The molecule has 0 aromatic carbocycles. The molecule has 1 saturated heterocycles. The summed E-state index contributed by atoms with van der Waals surface area (Å²) in [6.07, 6.45) is 1.91. The van der Waals surface area contributed by atoms with Gasteiger partial charge in [-0.2, -0.15) is 4.98 Å². The maximum atomic E-state index is 11.9. The van der Waals surface area contributed by atoms with Crippen molar-refractivity contribution in [3.63, 3.8) is 0 Å². The molecule has 0 radical (unpaired) electrons. The molecule has 1 aliphatic rings. The van der Waals surface area contributed by atoms with E-state index in [4.69, 9.17) is 10.5 Å². The molecular formula is C11H12N6O3. The largest absolute Gasteiger partial charge is 0.479 e. The number of nitrogens with one attached hydrogen (secondary N) is 1. The highest BCUT2D eigenvalue weighted by Crippen LogP contribution is 2.29. The Hall–Kier alpha value is -2.71. The monoisotopic (exact) mass is 276 g/mol. The van der Waals surface area contributed by atoms with Crippen molar-refractivity contribution in [3.8, 4) is 5.88 Å². The highest BCUT2D eigenvalue weighted by Gasteiger charge is 2.31. The Morgan fingerprint density at radius 2 is 2.25 bits per heavy atom. The van der Waals surface area contributed by atoms with Crippen LogP contribution in [0.5, 0.6) is 5.88 Å². The molecule has 1 unspecified atom stereocenters. The molecule has 0 bridgehead atoms. The fraction of sp³-hybridized carbons (Fsp3) is 0.364. The van der Waals surface area contributed by atoms with Crippen molar-refractivity contribution in [2.24, 2.45) is 0 Å². The van der Waals surface area contributed by atoms with Crippen LogP contribution < -0.4 is 15.8 Å². The van der Waals surface area contributed by atoms with Crippen LogP contribution in [0.3, 0.4) is 0 Å². The number of nitrogens with zero attached hydrogens (tertiary/aromatic N) is 4. The zero-order valence-electron chi connectivity index (χ0n) is 10.7. The number of hydrogen-bond donors (Lipinski definition) is 2. The first kappa shape index (κ1) is 12.3. The summed E-state index contributed by atoms with van der Waals surface area (Å²) in [6, 6.07) is -0.614. The molecule has 0 aliphatic carbocycles. The van der Waals surface area contributed by atoms with Crippen molar-refractivity contribution in [1.82, 2.24) is 24.8 Å². The first-order valence-electron chi connectivity index (χ1n) is 5.98. The summed E-state index contributed by atoms with van der Waals surface area (Å²) < 4.78 is 6.59. The molecule has 0 spiro atoms. The molecule has 1 fully saturated rings. The number of piperidine rings is 1. The minimum absolute atomic E-state index is 0.133. The van der Waals surface area contributed by atoms with E-state index in [-0.39, 0.29) is 24.2 Å². The van der Waals surface area contributed by atoms with E-state index in [2.05, 4.69) is 20.3 Å². The van der Waals surface area contributed by atoms with Crippen molar-refractivity contribution in [2.45, 2.75) is 18.9 Å². The van der Waals surface area contributed by atoms with Crippen molar-refractivity contribution in [2.75, 3.05) is 12.8 Å². The molecule has 2 aromatic heterocycles. The van der Waals surface area contributed by atoms with Gasteiger partial charge in [-0.15, -0.1) is 0 Å². The molecule has 20 heavy (non-hydrogen) atoms. The summed E-state index contributed by atoms with van der Waals surface area (Å²) in [5, 5.41) is 2.28. The predicted molar refractivity (Wildman–Crippen MR) is 67.7 cm³/mol. The lowest BCUT2D eigenvalue weighted by atomic mass is 10.1. The molecule has 3 rings (SSSR count). The Morgan fingerprint density at radius 3 is 2.95 bits per heavy atom. The Bertz CT molecular complexity index is 709. The van der Waals surface area contributed by atoms with Gasteiger partial charge in [0.05, 0.1) is 7.11 Å². The van der Waals surface area contributed by atoms with Gasteiger partial charge < -0.3 is 10.5 Å². The lowest BCUT2D eigenvalue weighted by Gasteiger charge is -2.22. The molecule has 3 heterocycles. The van der Waals surface area contributed by atoms with Crippen molar-refractivity contribution in [3.05, 3.63) is 6.33 Å². The highest BCUT2D eigenvalue weighted by atomic mass is 16.5. The van der Waals surface area contributed by atoms with Crippen LogP contribution in [0.4, 0.5) is 5.95 Å². The summed E-state index contributed by atoms with van der Waals surface area (Å²) >= 11 is 0. The molecular weight excluding hydrogens is 264 g/mol. The van der Waals surface area contributed by atoms with Crippen LogP contribution in [0.25, 0.3) is 11.2 Å². The Kier molecular flexibility index (Phi) is 2.74. The number of imidazole rings is 1. The van der Waals surface area contributed by atoms with Crippen LogP contribution in [0, 0.1) is 0 Å². The van der Waals surface area contributed by atoms with Crippen LogP contribution in [-0.4, -0.2) is 38.4 Å². The summed E-state index contributed by atoms with van der Waals surface area (Å²) in [6.45, 7) is 0. The third-order valence-corrected chi connectivity index (χ3v) is 3.19. The van der Waals surface area contributed by atoms with Crippen molar-refractivity contribution in [1.29, 1.82) is 0 Å². The van der Waals surface area contributed by atoms with Crippen molar-refractivity contribution >= 4 is 28.9 Å². The highest BCUT2D eigenvalue weighted by molar-refractivity contribution is 6.00.